The fraction of sp³-hybridized carbons (Fsp3) is 0.333. The second-order valence-electron chi connectivity index (χ2n) is 6.61. The normalized spacial score (nSPS) is 15.2. The van der Waals surface area contributed by atoms with Gasteiger partial charge in [-0.05, 0) is 40.3 Å². The summed E-state index contributed by atoms with van der Waals surface area (Å²) in [5, 5.41) is 13.8. The van der Waals surface area contributed by atoms with Crippen LogP contribution in [-0.2, 0) is 32.5 Å². The monoisotopic (exact) mass is 448 g/mol. The number of benzene rings is 1. The predicted molar refractivity (Wildman–Crippen MR) is 109 cm³/mol. The Labute approximate surface area is 177 Å². The summed E-state index contributed by atoms with van der Waals surface area (Å²) in [7, 11) is -3.51. The first-order chi connectivity index (χ1) is 14.5. The standard InChI is InChI=1S/C18H20N6O4S2/c25-17(11-14-1-3-15(4-2-14)24-13-20-21-22-24)19-12-16-5-6-18(29-16)30(26,27)23-7-9-28-10-8-23/h1-6,13H,7-12H2,(H,19,25). The molecule has 158 valence electrons. The molecule has 0 spiro atoms. The molecule has 12 heteroatoms. The number of carbonyl (C=O) groups excluding carboxylic acids is 1. The van der Waals surface area contributed by atoms with Gasteiger partial charge in [-0.1, -0.05) is 12.1 Å². The third kappa shape index (κ3) is 4.73. The number of hydrogen-bond acceptors (Lipinski definition) is 8. The fourth-order valence-electron chi connectivity index (χ4n) is 2.99. The van der Waals surface area contributed by atoms with Crippen molar-refractivity contribution in [2.24, 2.45) is 0 Å². The van der Waals surface area contributed by atoms with Crippen molar-refractivity contribution in [1.82, 2.24) is 29.8 Å². The number of aromatic nitrogens is 4. The van der Waals surface area contributed by atoms with E-state index in [1.54, 1.807) is 12.1 Å². The predicted octanol–water partition coefficient (Wildman–Crippen LogP) is 0.604. The molecule has 0 aliphatic carbocycles. The van der Waals surface area contributed by atoms with Crippen LogP contribution < -0.4 is 5.32 Å². The van der Waals surface area contributed by atoms with Crippen molar-refractivity contribution in [2.75, 3.05) is 26.3 Å². The van der Waals surface area contributed by atoms with Crippen LogP contribution in [0.1, 0.15) is 10.4 Å². The molecule has 0 atom stereocenters. The molecule has 4 rings (SSSR count). The van der Waals surface area contributed by atoms with Gasteiger partial charge in [-0.3, -0.25) is 4.79 Å². The summed E-state index contributed by atoms with van der Waals surface area (Å²) in [5.41, 5.74) is 1.66. The molecule has 30 heavy (non-hydrogen) atoms. The van der Waals surface area contributed by atoms with Gasteiger partial charge in [0.2, 0.25) is 5.91 Å². The number of amides is 1. The summed E-state index contributed by atoms with van der Waals surface area (Å²) in [6.07, 6.45) is 1.72. The molecular formula is C18H20N6O4S2. The molecule has 10 nitrogen and oxygen atoms in total. The molecule has 0 unspecified atom stereocenters. The van der Waals surface area contributed by atoms with Crippen molar-refractivity contribution in [3.8, 4) is 5.69 Å². The molecule has 1 aliphatic heterocycles. The summed E-state index contributed by atoms with van der Waals surface area (Å²) >= 11 is 1.18. The summed E-state index contributed by atoms with van der Waals surface area (Å²) < 4.78 is 33.8. The summed E-state index contributed by atoms with van der Waals surface area (Å²) in [6, 6.07) is 10.7. The van der Waals surface area contributed by atoms with Crippen LogP contribution in [0.25, 0.3) is 5.69 Å². The number of nitrogens with zero attached hydrogens (tertiary/aromatic N) is 5. The van der Waals surface area contributed by atoms with E-state index in [1.165, 1.54) is 26.7 Å². The number of hydrogen-bond donors (Lipinski definition) is 1. The van der Waals surface area contributed by atoms with Gasteiger partial charge in [-0.15, -0.1) is 16.4 Å². The maximum atomic E-state index is 12.7. The quantitative estimate of drug-likeness (QED) is 0.562. The van der Waals surface area contributed by atoms with E-state index in [2.05, 4.69) is 20.8 Å². The second-order valence-corrected chi connectivity index (χ2v) is 9.94. The number of carbonyl (C=O) groups is 1. The Morgan fingerprint density at radius 3 is 2.60 bits per heavy atom. The van der Waals surface area contributed by atoms with Crippen molar-refractivity contribution in [2.45, 2.75) is 17.2 Å². The number of nitrogens with one attached hydrogen (secondary N) is 1. The lowest BCUT2D eigenvalue weighted by Crippen LogP contribution is -2.40. The molecule has 0 saturated carbocycles. The third-order valence-electron chi connectivity index (χ3n) is 4.58. The van der Waals surface area contributed by atoms with E-state index in [0.717, 1.165) is 16.1 Å². The number of rotatable bonds is 7. The van der Waals surface area contributed by atoms with E-state index in [-0.39, 0.29) is 23.1 Å². The summed E-state index contributed by atoms with van der Waals surface area (Å²) in [6.45, 7) is 1.82. The van der Waals surface area contributed by atoms with E-state index in [4.69, 9.17) is 4.74 Å². The van der Waals surface area contributed by atoms with Gasteiger partial charge in [0, 0.05) is 18.0 Å². The van der Waals surface area contributed by atoms with Crippen molar-refractivity contribution in [3.63, 3.8) is 0 Å². The molecule has 1 fully saturated rings. The highest BCUT2D eigenvalue weighted by molar-refractivity contribution is 7.91. The molecule has 0 radical (unpaired) electrons. The van der Waals surface area contributed by atoms with Gasteiger partial charge < -0.3 is 10.1 Å². The smallest absolute Gasteiger partial charge is 0.252 e. The molecule has 1 N–H and O–H groups in total. The van der Waals surface area contributed by atoms with Crippen LogP contribution >= 0.6 is 11.3 Å². The first kappa shape index (κ1) is 20.6. The molecule has 1 amide bonds. The van der Waals surface area contributed by atoms with Crippen LogP contribution in [0.15, 0.2) is 46.9 Å². The van der Waals surface area contributed by atoms with Gasteiger partial charge in [0.1, 0.15) is 10.5 Å². The largest absolute Gasteiger partial charge is 0.379 e. The lowest BCUT2D eigenvalue weighted by molar-refractivity contribution is -0.120. The van der Waals surface area contributed by atoms with Crippen molar-refractivity contribution in [1.29, 1.82) is 0 Å². The third-order valence-corrected chi connectivity index (χ3v) is 8.03. The van der Waals surface area contributed by atoms with E-state index in [1.807, 2.05) is 24.3 Å². The SMILES string of the molecule is O=C(Cc1ccc(-n2cnnn2)cc1)NCc1ccc(S(=O)(=O)N2CCOCC2)s1. The van der Waals surface area contributed by atoms with Gasteiger partial charge in [0.05, 0.1) is 31.9 Å². The zero-order valence-corrected chi connectivity index (χ0v) is 17.6. The maximum Gasteiger partial charge on any atom is 0.252 e. The van der Waals surface area contributed by atoms with Crippen LogP contribution in [0.5, 0.6) is 0 Å². The van der Waals surface area contributed by atoms with Crippen LogP contribution in [0.2, 0.25) is 0 Å². The minimum absolute atomic E-state index is 0.142. The Balaban J connectivity index is 1.31. The summed E-state index contributed by atoms with van der Waals surface area (Å²) in [4.78, 5) is 13.0. The summed E-state index contributed by atoms with van der Waals surface area (Å²) in [5.74, 6) is -0.142. The highest BCUT2D eigenvalue weighted by Crippen LogP contribution is 2.25. The fourth-order valence-corrected chi connectivity index (χ4v) is 5.84. The van der Waals surface area contributed by atoms with Gasteiger partial charge in [-0.25, -0.2) is 13.1 Å². The highest BCUT2D eigenvalue weighted by Gasteiger charge is 2.27. The van der Waals surface area contributed by atoms with E-state index in [0.29, 0.717) is 26.3 Å². The van der Waals surface area contributed by atoms with Crippen molar-refractivity contribution >= 4 is 27.3 Å². The minimum Gasteiger partial charge on any atom is -0.379 e. The Kier molecular flexibility index (Phi) is 6.18. The average molecular weight is 449 g/mol. The molecular weight excluding hydrogens is 428 g/mol. The first-order valence-electron chi connectivity index (χ1n) is 9.28. The lowest BCUT2D eigenvalue weighted by atomic mass is 10.1. The zero-order valence-electron chi connectivity index (χ0n) is 16.0. The Morgan fingerprint density at radius 1 is 1.13 bits per heavy atom. The van der Waals surface area contributed by atoms with Crippen LogP contribution in [-0.4, -0.2) is 65.1 Å². The number of ether oxygens (including phenoxy) is 1. The highest BCUT2D eigenvalue weighted by atomic mass is 32.2. The van der Waals surface area contributed by atoms with Gasteiger partial charge in [0.15, 0.2) is 0 Å². The van der Waals surface area contributed by atoms with E-state index >= 15 is 0 Å². The maximum absolute atomic E-state index is 12.7. The lowest BCUT2D eigenvalue weighted by Gasteiger charge is -2.25. The van der Waals surface area contributed by atoms with Gasteiger partial charge in [0.25, 0.3) is 10.0 Å². The molecule has 3 aromatic rings. The Morgan fingerprint density at radius 2 is 1.90 bits per heavy atom. The number of thiophene rings is 1. The molecule has 1 saturated heterocycles. The van der Waals surface area contributed by atoms with Crippen molar-refractivity contribution in [3.05, 3.63) is 53.2 Å². The second kappa shape index (κ2) is 9.00. The van der Waals surface area contributed by atoms with Crippen molar-refractivity contribution < 1.29 is 17.9 Å². The molecule has 0 bridgehead atoms. The van der Waals surface area contributed by atoms with Gasteiger partial charge in [-0.2, -0.15) is 4.31 Å². The number of sulfonamides is 1. The van der Waals surface area contributed by atoms with Crippen LogP contribution in [0.4, 0.5) is 0 Å². The molecule has 3 heterocycles. The van der Waals surface area contributed by atoms with Crippen LogP contribution in [0.3, 0.4) is 0 Å². The first-order valence-corrected chi connectivity index (χ1v) is 11.5. The average Bonchev–Trinajstić information content (AvgIpc) is 3.46. The van der Waals surface area contributed by atoms with Crippen LogP contribution in [0, 0.1) is 0 Å². The zero-order chi connectivity index (χ0) is 21.0. The van der Waals surface area contributed by atoms with Gasteiger partial charge >= 0.3 is 0 Å². The molecule has 1 aliphatic rings. The Hall–Kier alpha value is -2.67. The Bertz CT molecular complexity index is 1090. The van der Waals surface area contributed by atoms with E-state index in [9.17, 15) is 13.2 Å². The minimum atomic E-state index is -3.51. The topological polar surface area (TPSA) is 119 Å². The molecule has 2 aromatic heterocycles. The number of tetrazole rings is 1. The molecule has 1 aromatic carbocycles. The van der Waals surface area contributed by atoms with E-state index < -0.39 is 10.0 Å². The number of morpholine rings is 1.